The van der Waals surface area contributed by atoms with Gasteiger partial charge in [0.25, 0.3) is 5.91 Å². The summed E-state index contributed by atoms with van der Waals surface area (Å²) in [5.41, 5.74) is 3.02. The van der Waals surface area contributed by atoms with E-state index >= 15 is 0 Å². The molecular formula is C20H27N3O2. The van der Waals surface area contributed by atoms with E-state index in [2.05, 4.69) is 17.2 Å². The molecule has 1 saturated heterocycles. The number of carbonyl (C=O) groups excluding carboxylic acids is 1. The third kappa shape index (κ3) is 4.03. The molecular weight excluding hydrogens is 314 g/mol. The van der Waals surface area contributed by atoms with Gasteiger partial charge in [-0.25, -0.2) is 0 Å². The van der Waals surface area contributed by atoms with Crippen molar-refractivity contribution in [2.24, 2.45) is 13.0 Å². The molecule has 0 atom stereocenters. The average molecular weight is 341 g/mol. The van der Waals surface area contributed by atoms with E-state index < -0.39 is 0 Å². The first-order chi connectivity index (χ1) is 12.1. The van der Waals surface area contributed by atoms with Crippen molar-refractivity contribution in [2.45, 2.75) is 32.6 Å². The Labute approximate surface area is 149 Å². The Morgan fingerprint density at radius 1 is 1.24 bits per heavy atom. The second kappa shape index (κ2) is 7.72. The highest BCUT2D eigenvalue weighted by atomic mass is 16.5. The van der Waals surface area contributed by atoms with E-state index in [1.54, 1.807) is 18.0 Å². The molecule has 3 rings (SSSR count). The molecule has 2 aromatic rings. The lowest BCUT2D eigenvalue weighted by Gasteiger charge is -2.32. The van der Waals surface area contributed by atoms with Gasteiger partial charge in [0.2, 0.25) is 0 Å². The summed E-state index contributed by atoms with van der Waals surface area (Å²) in [4.78, 5) is 14.6. The standard InChI is InChI=1S/C20H27N3O2/c1-15-19(14-21-22(15)2)20(24)23-12-10-17(11-13-23)5-4-16-6-8-18(25-3)9-7-16/h6-9,14,17H,4-5,10-13H2,1-3H3. The molecule has 1 fully saturated rings. The second-order valence-corrected chi connectivity index (χ2v) is 6.89. The lowest BCUT2D eigenvalue weighted by molar-refractivity contribution is 0.0686. The Morgan fingerprint density at radius 2 is 1.92 bits per heavy atom. The summed E-state index contributed by atoms with van der Waals surface area (Å²) in [6.07, 6.45) is 6.13. The van der Waals surface area contributed by atoms with E-state index in [1.165, 1.54) is 12.0 Å². The number of ether oxygens (including phenoxy) is 1. The Bertz CT molecular complexity index is 713. The summed E-state index contributed by atoms with van der Waals surface area (Å²) in [5.74, 6) is 1.72. The third-order valence-electron chi connectivity index (χ3n) is 5.37. The Balaban J connectivity index is 1.48. The van der Waals surface area contributed by atoms with Crippen molar-refractivity contribution in [1.29, 1.82) is 0 Å². The maximum absolute atomic E-state index is 12.6. The number of piperidine rings is 1. The fraction of sp³-hybridized carbons (Fsp3) is 0.500. The largest absolute Gasteiger partial charge is 0.497 e. The Hall–Kier alpha value is -2.30. The molecule has 0 unspecified atom stereocenters. The minimum atomic E-state index is 0.124. The van der Waals surface area contributed by atoms with Crippen molar-refractivity contribution in [2.75, 3.05) is 20.2 Å². The van der Waals surface area contributed by atoms with Gasteiger partial charge >= 0.3 is 0 Å². The van der Waals surface area contributed by atoms with Gasteiger partial charge in [-0.05, 0) is 56.2 Å². The Kier molecular flexibility index (Phi) is 5.41. The quantitative estimate of drug-likeness (QED) is 0.839. The molecule has 5 nitrogen and oxygen atoms in total. The minimum Gasteiger partial charge on any atom is -0.497 e. The number of amides is 1. The Morgan fingerprint density at radius 3 is 2.48 bits per heavy atom. The van der Waals surface area contributed by atoms with Crippen LogP contribution >= 0.6 is 0 Å². The van der Waals surface area contributed by atoms with Gasteiger partial charge in [0.15, 0.2) is 0 Å². The van der Waals surface area contributed by atoms with E-state index in [0.717, 1.165) is 49.4 Å². The number of hydrogen-bond donors (Lipinski definition) is 0. The van der Waals surface area contributed by atoms with Crippen molar-refractivity contribution in [3.05, 3.63) is 47.3 Å². The normalized spacial score (nSPS) is 15.4. The van der Waals surface area contributed by atoms with Crippen LogP contribution in [-0.4, -0.2) is 40.8 Å². The molecule has 0 aliphatic carbocycles. The molecule has 0 saturated carbocycles. The first-order valence-corrected chi connectivity index (χ1v) is 8.99. The number of benzene rings is 1. The molecule has 25 heavy (non-hydrogen) atoms. The first-order valence-electron chi connectivity index (χ1n) is 8.99. The molecule has 2 heterocycles. The van der Waals surface area contributed by atoms with Crippen molar-refractivity contribution in [3.63, 3.8) is 0 Å². The van der Waals surface area contributed by atoms with Gasteiger partial charge in [-0.15, -0.1) is 0 Å². The lowest BCUT2D eigenvalue weighted by atomic mass is 9.90. The third-order valence-corrected chi connectivity index (χ3v) is 5.37. The highest BCUT2D eigenvalue weighted by Gasteiger charge is 2.25. The van der Waals surface area contributed by atoms with Crippen LogP contribution in [0.1, 0.15) is 40.9 Å². The number of aromatic nitrogens is 2. The van der Waals surface area contributed by atoms with Crippen molar-refractivity contribution in [3.8, 4) is 5.75 Å². The highest BCUT2D eigenvalue weighted by Crippen LogP contribution is 2.24. The summed E-state index contributed by atoms with van der Waals surface area (Å²) in [6.45, 7) is 3.64. The lowest BCUT2D eigenvalue weighted by Crippen LogP contribution is -2.38. The van der Waals surface area contributed by atoms with Gasteiger partial charge in [0.1, 0.15) is 5.75 Å². The molecule has 0 bridgehead atoms. The predicted octanol–water partition coefficient (Wildman–Crippen LogP) is 3.22. The number of likely N-dealkylation sites (tertiary alicyclic amines) is 1. The van der Waals surface area contributed by atoms with Gasteiger partial charge in [-0.2, -0.15) is 5.10 Å². The zero-order valence-electron chi connectivity index (χ0n) is 15.4. The van der Waals surface area contributed by atoms with Crippen LogP contribution in [0.4, 0.5) is 0 Å². The zero-order valence-corrected chi connectivity index (χ0v) is 15.4. The number of rotatable bonds is 5. The summed E-state index contributed by atoms with van der Waals surface area (Å²) >= 11 is 0. The molecule has 1 aromatic carbocycles. The predicted molar refractivity (Wildman–Crippen MR) is 97.9 cm³/mol. The van der Waals surface area contributed by atoms with Gasteiger partial charge in [0, 0.05) is 25.8 Å². The summed E-state index contributed by atoms with van der Waals surface area (Å²) in [7, 11) is 3.56. The van der Waals surface area contributed by atoms with Crippen LogP contribution in [0.5, 0.6) is 5.75 Å². The number of nitrogens with zero attached hydrogens (tertiary/aromatic N) is 3. The van der Waals surface area contributed by atoms with Crippen molar-refractivity contribution < 1.29 is 9.53 Å². The molecule has 5 heteroatoms. The molecule has 1 amide bonds. The molecule has 1 aliphatic rings. The summed E-state index contributed by atoms with van der Waals surface area (Å²) in [5, 5.41) is 4.18. The fourth-order valence-electron chi connectivity index (χ4n) is 3.47. The van der Waals surface area contributed by atoms with Crippen molar-refractivity contribution >= 4 is 5.91 Å². The van der Waals surface area contributed by atoms with Crippen LogP contribution in [0.3, 0.4) is 0 Å². The van der Waals surface area contributed by atoms with E-state index in [4.69, 9.17) is 4.74 Å². The van der Waals surface area contributed by atoms with E-state index in [-0.39, 0.29) is 5.91 Å². The van der Waals surface area contributed by atoms with Crippen LogP contribution in [0.15, 0.2) is 30.5 Å². The fourth-order valence-corrected chi connectivity index (χ4v) is 3.47. The van der Waals surface area contributed by atoms with E-state index in [0.29, 0.717) is 5.92 Å². The number of carbonyl (C=O) groups is 1. The van der Waals surface area contributed by atoms with Crippen LogP contribution < -0.4 is 4.74 Å². The van der Waals surface area contributed by atoms with Crippen molar-refractivity contribution in [1.82, 2.24) is 14.7 Å². The first kappa shape index (κ1) is 17.5. The minimum absolute atomic E-state index is 0.124. The SMILES string of the molecule is COc1ccc(CCC2CCN(C(=O)c3cnn(C)c3C)CC2)cc1. The zero-order chi connectivity index (χ0) is 17.8. The molecule has 0 spiro atoms. The van der Waals surface area contributed by atoms with Gasteiger partial charge in [0.05, 0.1) is 18.9 Å². The van der Waals surface area contributed by atoms with Crippen LogP contribution in [0.2, 0.25) is 0 Å². The molecule has 1 aromatic heterocycles. The van der Waals surface area contributed by atoms with E-state index in [9.17, 15) is 4.79 Å². The maximum Gasteiger partial charge on any atom is 0.257 e. The molecule has 134 valence electrons. The monoisotopic (exact) mass is 341 g/mol. The number of hydrogen-bond acceptors (Lipinski definition) is 3. The van der Waals surface area contributed by atoms with Gasteiger partial charge in [-0.3, -0.25) is 9.48 Å². The van der Waals surface area contributed by atoms with Crippen LogP contribution in [0, 0.1) is 12.8 Å². The number of methoxy groups -OCH3 is 1. The van der Waals surface area contributed by atoms with Gasteiger partial charge in [-0.1, -0.05) is 12.1 Å². The number of aryl methyl sites for hydroxylation is 2. The molecule has 0 N–H and O–H groups in total. The van der Waals surface area contributed by atoms with E-state index in [1.807, 2.05) is 31.0 Å². The van der Waals surface area contributed by atoms with Crippen LogP contribution in [-0.2, 0) is 13.5 Å². The maximum atomic E-state index is 12.6. The smallest absolute Gasteiger partial charge is 0.257 e. The van der Waals surface area contributed by atoms with Crippen LogP contribution in [0.25, 0.3) is 0 Å². The molecule has 1 aliphatic heterocycles. The van der Waals surface area contributed by atoms with Gasteiger partial charge < -0.3 is 9.64 Å². The topological polar surface area (TPSA) is 47.4 Å². The second-order valence-electron chi connectivity index (χ2n) is 6.89. The average Bonchev–Trinajstić information content (AvgIpc) is 2.99. The summed E-state index contributed by atoms with van der Waals surface area (Å²) < 4.78 is 6.96. The highest BCUT2D eigenvalue weighted by molar-refractivity contribution is 5.95. The molecule has 0 radical (unpaired) electrons. The summed E-state index contributed by atoms with van der Waals surface area (Å²) in [6, 6.07) is 8.32.